The van der Waals surface area contributed by atoms with E-state index in [4.69, 9.17) is 5.73 Å². The van der Waals surface area contributed by atoms with Gasteiger partial charge in [-0.05, 0) is 19.4 Å². The fourth-order valence-corrected chi connectivity index (χ4v) is 2.72. The first-order valence-corrected chi connectivity index (χ1v) is 6.81. The summed E-state index contributed by atoms with van der Waals surface area (Å²) in [5.41, 5.74) is 5.85. The number of nitrogens with zero attached hydrogens (tertiary/aromatic N) is 1. The summed E-state index contributed by atoms with van der Waals surface area (Å²) < 4.78 is 51.9. The van der Waals surface area contributed by atoms with Gasteiger partial charge in [0.25, 0.3) is 0 Å². The van der Waals surface area contributed by atoms with E-state index < -0.39 is 17.8 Å². The number of nitrogens with two attached hydrogens (primary N) is 1. The topological polar surface area (TPSA) is 29.3 Å². The van der Waals surface area contributed by atoms with Crippen molar-refractivity contribution in [2.45, 2.75) is 31.6 Å². The molecule has 1 heterocycles. The molecule has 0 aromatic heterocycles. The Bertz CT molecular complexity index is 523. The van der Waals surface area contributed by atoms with Gasteiger partial charge in [0, 0.05) is 30.3 Å². The molecule has 2 rings (SSSR count). The van der Waals surface area contributed by atoms with Crippen LogP contribution in [-0.4, -0.2) is 30.2 Å². The summed E-state index contributed by atoms with van der Waals surface area (Å²) in [6.07, 6.45) is -3.21. The van der Waals surface area contributed by atoms with Crippen LogP contribution in [-0.2, 0) is 0 Å². The second-order valence-electron chi connectivity index (χ2n) is 5.30. The minimum Gasteiger partial charge on any atom is -0.326 e. The maximum absolute atomic E-state index is 13.9. The number of benzene rings is 1. The third kappa shape index (κ3) is 3.63. The van der Waals surface area contributed by atoms with E-state index in [0.717, 1.165) is 0 Å². The van der Waals surface area contributed by atoms with Gasteiger partial charge >= 0.3 is 6.18 Å². The zero-order chi connectivity index (χ0) is 15.6. The predicted molar refractivity (Wildman–Crippen MR) is 73.1 cm³/mol. The summed E-state index contributed by atoms with van der Waals surface area (Å²) in [7, 11) is 0. The van der Waals surface area contributed by atoms with Gasteiger partial charge in [0.2, 0.25) is 0 Å². The minimum atomic E-state index is -4.28. The highest BCUT2D eigenvalue weighted by Crippen LogP contribution is 2.34. The quantitative estimate of drug-likeness (QED) is 0.685. The summed E-state index contributed by atoms with van der Waals surface area (Å²) in [6.45, 7) is 2.07. The molecule has 0 saturated carbocycles. The summed E-state index contributed by atoms with van der Waals surface area (Å²) in [6, 6.07) is 5.43. The molecule has 2 unspecified atom stereocenters. The summed E-state index contributed by atoms with van der Waals surface area (Å²) in [5.74, 6) is -0.384. The van der Waals surface area contributed by atoms with E-state index in [1.807, 2.05) is 0 Å². The van der Waals surface area contributed by atoms with Crippen LogP contribution in [0.3, 0.4) is 0 Å². The van der Waals surface area contributed by atoms with Crippen molar-refractivity contribution in [2.75, 3.05) is 13.1 Å². The second-order valence-corrected chi connectivity index (χ2v) is 5.30. The number of rotatable bonds is 3. The van der Waals surface area contributed by atoms with Crippen LogP contribution in [0.1, 0.15) is 24.9 Å². The number of hydrogen-bond acceptors (Lipinski definition) is 2. The summed E-state index contributed by atoms with van der Waals surface area (Å²) >= 11 is 0. The molecule has 0 aliphatic carbocycles. The maximum atomic E-state index is 13.9. The Labute approximate surface area is 121 Å². The maximum Gasteiger partial charge on any atom is 0.412 e. The van der Waals surface area contributed by atoms with E-state index in [1.54, 1.807) is 30.0 Å². The SMILES string of the molecule is CC(N)C(c1ccccc1F)N1CC=C(C(F)(F)F)CC1. The number of halogens is 4. The monoisotopic (exact) mass is 302 g/mol. The van der Waals surface area contributed by atoms with Crippen molar-refractivity contribution in [3.8, 4) is 0 Å². The van der Waals surface area contributed by atoms with Gasteiger partial charge in [-0.15, -0.1) is 0 Å². The van der Waals surface area contributed by atoms with Crippen LogP contribution < -0.4 is 5.73 Å². The van der Waals surface area contributed by atoms with E-state index in [1.165, 1.54) is 12.1 Å². The predicted octanol–water partition coefficient (Wildman–Crippen LogP) is 3.41. The molecule has 1 aromatic carbocycles. The molecule has 0 amide bonds. The molecule has 2 nitrogen and oxygen atoms in total. The molecular formula is C15H18F4N2. The van der Waals surface area contributed by atoms with Gasteiger partial charge in [0.15, 0.2) is 0 Å². The van der Waals surface area contributed by atoms with Gasteiger partial charge in [0.1, 0.15) is 5.82 Å². The van der Waals surface area contributed by atoms with Gasteiger partial charge < -0.3 is 5.73 Å². The lowest BCUT2D eigenvalue weighted by molar-refractivity contribution is -0.0965. The molecule has 1 aliphatic heterocycles. The minimum absolute atomic E-state index is 0.0961. The number of alkyl halides is 3. The molecule has 0 spiro atoms. The van der Waals surface area contributed by atoms with Crippen molar-refractivity contribution in [1.82, 2.24) is 4.90 Å². The van der Waals surface area contributed by atoms with Gasteiger partial charge in [0.05, 0.1) is 6.04 Å². The first kappa shape index (κ1) is 16.0. The molecule has 2 atom stereocenters. The van der Waals surface area contributed by atoms with Gasteiger partial charge in [-0.2, -0.15) is 13.2 Å². The van der Waals surface area contributed by atoms with Gasteiger partial charge in [-0.3, -0.25) is 4.90 Å². The normalized spacial score (nSPS) is 20.0. The Morgan fingerprint density at radius 2 is 1.90 bits per heavy atom. The Morgan fingerprint density at radius 1 is 1.24 bits per heavy atom. The van der Waals surface area contributed by atoms with Crippen LogP contribution in [0, 0.1) is 5.82 Å². The zero-order valence-electron chi connectivity index (χ0n) is 11.7. The van der Waals surface area contributed by atoms with Crippen molar-refractivity contribution in [1.29, 1.82) is 0 Å². The Balaban J connectivity index is 2.23. The van der Waals surface area contributed by atoms with E-state index in [0.29, 0.717) is 5.56 Å². The van der Waals surface area contributed by atoms with E-state index in [-0.39, 0.29) is 31.4 Å². The zero-order valence-corrected chi connectivity index (χ0v) is 11.7. The van der Waals surface area contributed by atoms with Crippen LogP contribution in [0.15, 0.2) is 35.9 Å². The Hall–Kier alpha value is -1.40. The van der Waals surface area contributed by atoms with Crippen LogP contribution in [0.25, 0.3) is 0 Å². The third-order valence-corrected chi connectivity index (χ3v) is 3.72. The largest absolute Gasteiger partial charge is 0.412 e. The average molecular weight is 302 g/mol. The average Bonchev–Trinajstić information content (AvgIpc) is 2.40. The number of hydrogen-bond donors (Lipinski definition) is 1. The molecule has 21 heavy (non-hydrogen) atoms. The molecule has 116 valence electrons. The smallest absolute Gasteiger partial charge is 0.326 e. The van der Waals surface area contributed by atoms with Crippen molar-refractivity contribution in [3.05, 3.63) is 47.3 Å². The fraction of sp³-hybridized carbons (Fsp3) is 0.467. The molecule has 0 radical (unpaired) electrons. The standard InChI is InChI=1S/C15H18F4N2/c1-10(20)14(12-4-2-3-5-13(12)16)21-8-6-11(7-9-21)15(17,18)19/h2-6,10,14H,7-9,20H2,1H3. The fourth-order valence-electron chi connectivity index (χ4n) is 2.72. The van der Waals surface area contributed by atoms with Gasteiger partial charge in [-0.1, -0.05) is 24.3 Å². The van der Waals surface area contributed by atoms with Crippen LogP contribution in [0.2, 0.25) is 0 Å². The van der Waals surface area contributed by atoms with Crippen LogP contribution >= 0.6 is 0 Å². The lowest BCUT2D eigenvalue weighted by Crippen LogP contribution is -2.42. The lowest BCUT2D eigenvalue weighted by Gasteiger charge is -2.36. The van der Waals surface area contributed by atoms with Crippen molar-refractivity contribution < 1.29 is 17.6 Å². The first-order valence-electron chi connectivity index (χ1n) is 6.81. The highest BCUT2D eigenvalue weighted by Gasteiger charge is 2.36. The highest BCUT2D eigenvalue weighted by atomic mass is 19.4. The van der Waals surface area contributed by atoms with Crippen molar-refractivity contribution >= 4 is 0 Å². The summed E-state index contributed by atoms with van der Waals surface area (Å²) in [4.78, 5) is 1.79. The van der Waals surface area contributed by atoms with E-state index >= 15 is 0 Å². The highest BCUT2D eigenvalue weighted by molar-refractivity contribution is 5.24. The molecular weight excluding hydrogens is 284 g/mol. The molecule has 0 saturated heterocycles. The van der Waals surface area contributed by atoms with E-state index in [2.05, 4.69) is 0 Å². The van der Waals surface area contributed by atoms with Gasteiger partial charge in [-0.25, -0.2) is 4.39 Å². The Kier molecular flexibility index (Phi) is 4.68. The Morgan fingerprint density at radius 3 is 2.38 bits per heavy atom. The lowest BCUT2D eigenvalue weighted by atomic mass is 9.96. The van der Waals surface area contributed by atoms with Crippen molar-refractivity contribution in [2.24, 2.45) is 5.73 Å². The molecule has 2 N–H and O–H groups in total. The first-order chi connectivity index (χ1) is 9.80. The van der Waals surface area contributed by atoms with Crippen LogP contribution in [0.4, 0.5) is 17.6 Å². The molecule has 0 fully saturated rings. The summed E-state index contributed by atoms with van der Waals surface area (Å²) in [5, 5.41) is 0. The third-order valence-electron chi connectivity index (χ3n) is 3.72. The molecule has 6 heteroatoms. The van der Waals surface area contributed by atoms with E-state index in [9.17, 15) is 17.6 Å². The molecule has 0 bridgehead atoms. The molecule has 1 aliphatic rings. The van der Waals surface area contributed by atoms with Crippen molar-refractivity contribution in [3.63, 3.8) is 0 Å². The molecule has 1 aromatic rings. The second kappa shape index (κ2) is 6.15. The van der Waals surface area contributed by atoms with Crippen LogP contribution in [0.5, 0.6) is 0 Å².